The Morgan fingerprint density at radius 2 is 1.53 bits per heavy atom. The molecule has 0 radical (unpaired) electrons. The zero-order valence-corrected chi connectivity index (χ0v) is 10.3. The van der Waals surface area contributed by atoms with Crippen molar-refractivity contribution in [3.8, 4) is 0 Å². The molecule has 1 N–H and O–H groups in total. The number of hydrogen-bond acceptors (Lipinski definition) is 1. The fraction of sp³-hybridized carbons (Fsp3) is 1.00. The van der Waals surface area contributed by atoms with Crippen LogP contribution in [-0.4, -0.2) is 13.1 Å². The molecule has 0 aliphatic heterocycles. The Morgan fingerprint density at radius 1 is 0.933 bits per heavy atom. The minimum Gasteiger partial charge on any atom is -0.317 e. The standard InChI is InChI=1S/C14H27N/c1-15-14(11-12-9-10-12)13-7-5-3-2-4-6-8-13/h12-15H,2-11H2,1H3. The van der Waals surface area contributed by atoms with E-state index in [0.29, 0.717) is 0 Å². The second-order valence-electron chi connectivity index (χ2n) is 5.68. The molecule has 0 aromatic rings. The first kappa shape index (κ1) is 11.4. The van der Waals surface area contributed by atoms with Gasteiger partial charge in [0.2, 0.25) is 0 Å². The first-order valence-corrected chi connectivity index (χ1v) is 7.07. The van der Waals surface area contributed by atoms with Gasteiger partial charge in [0.05, 0.1) is 0 Å². The molecular formula is C14H27N. The van der Waals surface area contributed by atoms with E-state index in [1.807, 2.05) is 0 Å². The van der Waals surface area contributed by atoms with Crippen molar-refractivity contribution in [2.75, 3.05) is 7.05 Å². The van der Waals surface area contributed by atoms with Gasteiger partial charge in [0.25, 0.3) is 0 Å². The van der Waals surface area contributed by atoms with Crippen LogP contribution >= 0.6 is 0 Å². The summed E-state index contributed by atoms with van der Waals surface area (Å²) in [5.74, 6) is 2.06. The summed E-state index contributed by atoms with van der Waals surface area (Å²) in [5, 5.41) is 3.59. The van der Waals surface area contributed by atoms with Gasteiger partial charge < -0.3 is 5.32 Å². The largest absolute Gasteiger partial charge is 0.317 e. The molecule has 1 heteroatoms. The van der Waals surface area contributed by atoms with Gasteiger partial charge in [-0.1, -0.05) is 44.9 Å². The van der Waals surface area contributed by atoms with Crippen LogP contribution in [0.5, 0.6) is 0 Å². The van der Waals surface area contributed by atoms with Crippen LogP contribution in [-0.2, 0) is 0 Å². The maximum atomic E-state index is 3.59. The average molecular weight is 209 g/mol. The molecule has 2 fully saturated rings. The molecule has 0 spiro atoms. The summed E-state index contributed by atoms with van der Waals surface area (Å²) in [6.07, 6.45) is 14.8. The van der Waals surface area contributed by atoms with Gasteiger partial charge in [0, 0.05) is 6.04 Å². The van der Waals surface area contributed by atoms with E-state index in [1.54, 1.807) is 0 Å². The minimum atomic E-state index is 0.829. The molecule has 2 aliphatic rings. The summed E-state index contributed by atoms with van der Waals surface area (Å²) in [5.41, 5.74) is 0. The quantitative estimate of drug-likeness (QED) is 0.744. The van der Waals surface area contributed by atoms with Crippen molar-refractivity contribution in [3.63, 3.8) is 0 Å². The lowest BCUT2D eigenvalue weighted by Crippen LogP contribution is -2.34. The Labute approximate surface area is 95.0 Å². The molecule has 1 nitrogen and oxygen atoms in total. The monoisotopic (exact) mass is 209 g/mol. The van der Waals surface area contributed by atoms with Crippen LogP contribution in [0.2, 0.25) is 0 Å². The van der Waals surface area contributed by atoms with Gasteiger partial charge in [0.15, 0.2) is 0 Å². The SMILES string of the molecule is CNC(CC1CC1)C1CCCCCCC1. The van der Waals surface area contributed by atoms with E-state index in [9.17, 15) is 0 Å². The Kier molecular flexibility index (Phi) is 4.49. The molecule has 15 heavy (non-hydrogen) atoms. The van der Waals surface area contributed by atoms with Crippen molar-refractivity contribution in [1.82, 2.24) is 5.32 Å². The Hall–Kier alpha value is -0.0400. The van der Waals surface area contributed by atoms with Crippen molar-refractivity contribution in [1.29, 1.82) is 0 Å². The van der Waals surface area contributed by atoms with Gasteiger partial charge >= 0.3 is 0 Å². The fourth-order valence-electron chi connectivity index (χ4n) is 3.15. The highest BCUT2D eigenvalue weighted by Gasteiger charge is 2.29. The highest BCUT2D eigenvalue weighted by Crippen LogP contribution is 2.37. The van der Waals surface area contributed by atoms with Gasteiger partial charge in [-0.05, 0) is 38.1 Å². The Bertz CT molecular complexity index is 166. The molecular weight excluding hydrogens is 182 g/mol. The smallest absolute Gasteiger partial charge is 0.00949 e. The molecule has 0 aromatic heterocycles. The minimum absolute atomic E-state index is 0.829. The van der Waals surface area contributed by atoms with Crippen LogP contribution < -0.4 is 5.32 Å². The molecule has 88 valence electrons. The first-order chi connectivity index (χ1) is 7.40. The molecule has 0 amide bonds. The van der Waals surface area contributed by atoms with Crippen molar-refractivity contribution in [3.05, 3.63) is 0 Å². The maximum absolute atomic E-state index is 3.59. The first-order valence-electron chi connectivity index (χ1n) is 7.07. The van der Waals surface area contributed by atoms with Crippen LogP contribution in [0.3, 0.4) is 0 Å². The number of nitrogens with one attached hydrogen (secondary N) is 1. The number of hydrogen-bond donors (Lipinski definition) is 1. The van der Waals surface area contributed by atoms with E-state index in [-0.39, 0.29) is 0 Å². The summed E-state index contributed by atoms with van der Waals surface area (Å²) < 4.78 is 0. The van der Waals surface area contributed by atoms with Gasteiger partial charge in [0.1, 0.15) is 0 Å². The predicted octanol–water partition coefficient (Wildman–Crippen LogP) is 3.74. The van der Waals surface area contributed by atoms with Crippen molar-refractivity contribution in [2.24, 2.45) is 11.8 Å². The Morgan fingerprint density at radius 3 is 2.07 bits per heavy atom. The normalized spacial score (nSPS) is 27.0. The lowest BCUT2D eigenvalue weighted by Gasteiger charge is -2.28. The van der Waals surface area contributed by atoms with E-state index in [2.05, 4.69) is 12.4 Å². The molecule has 2 aliphatic carbocycles. The Balaban J connectivity index is 1.79. The van der Waals surface area contributed by atoms with Crippen LogP contribution in [0.4, 0.5) is 0 Å². The third kappa shape index (κ3) is 3.79. The molecule has 0 saturated heterocycles. The fourth-order valence-corrected chi connectivity index (χ4v) is 3.15. The van der Waals surface area contributed by atoms with E-state index >= 15 is 0 Å². The maximum Gasteiger partial charge on any atom is 0.00949 e. The summed E-state index contributed by atoms with van der Waals surface area (Å²) >= 11 is 0. The van der Waals surface area contributed by atoms with Crippen LogP contribution in [0.1, 0.15) is 64.2 Å². The second-order valence-corrected chi connectivity index (χ2v) is 5.68. The topological polar surface area (TPSA) is 12.0 Å². The highest BCUT2D eigenvalue weighted by atomic mass is 14.9. The molecule has 2 saturated carbocycles. The third-order valence-electron chi connectivity index (χ3n) is 4.37. The van der Waals surface area contributed by atoms with Gasteiger partial charge in [-0.3, -0.25) is 0 Å². The molecule has 1 unspecified atom stereocenters. The van der Waals surface area contributed by atoms with Crippen molar-refractivity contribution < 1.29 is 0 Å². The molecule has 1 atom stereocenters. The van der Waals surface area contributed by atoms with Crippen LogP contribution in [0.25, 0.3) is 0 Å². The average Bonchev–Trinajstić information content (AvgIpc) is 2.98. The van der Waals surface area contributed by atoms with Crippen molar-refractivity contribution >= 4 is 0 Å². The second kappa shape index (κ2) is 5.89. The summed E-state index contributed by atoms with van der Waals surface area (Å²) in [7, 11) is 2.17. The lowest BCUT2D eigenvalue weighted by atomic mass is 9.84. The van der Waals surface area contributed by atoms with Gasteiger partial charge in [-0.25, -0.2) is 0 Å². The predicted molar refractivity (Wildman–Crippen MR) is 66.0 cm³/mol. The van der Waals surface area contributed by atoms with Gasteiger partial charge in [-0.15, -0.1) is 0 Å². The molecule has 0 aromatic carbocycles. The zero-order valence-electron chi connectivity index (χ0n) is 10.3. The van der Waals surface area contributed by atoms with Crippen molar-refractivity contribution in [2.45, 2.75) is 70.3 Å². The van der Waals surface area contributed by atoms with E-state index in [4.69, 9.17) is 0 Å². The molecule has 0 bridgehead atoms. The zero-order chi connectivity index (χ0) is 10.5. The van der Waals surface area contributed by atoms with E-state index < -0.39 is 0 Å². The van der Waals surface area contributed by atoms with E-state index in [1.165, 1.54) is 64.2 Å². The van der Waals surface area contributed by atoms with Gasteiger partial charge in [-0.2, -0.15) is 0 Å². The van der Waals surface area contributed by atoms with Crippen LogP contribution in [0, 0.1) is 11.8 Å². The number of rotatable bonds is 4. The lowest BCUT2D eigenvalue weighted by molar-refractivity contribution is 0.276. The molecule has 2 rings (SSSR count). The summed E-state index contributed by atoms with van der Waals surface area (Å²) in [4.78, 5) is 0. The summed E-state index contributed by atoms with van der Waals surface area (Å²) in [6.45, 7) is 0. The highest BCUT2D eigenvalue weighted by molar-refractivity contribution is 4.84. The third-order valence-corrected chi connectivity index (χ3v) is 4.37. The van der Waals surface area contributed by atoms with Crippen LogP contribution in [0.15, 0.2) is 0 Å². The summed E-state index contributed by atoms with van der Waals surface area (Å²) in [6, 6.07) is 0.829. The van der Waals surface area contributed by atoms with E-state index in [0.717, 1.165) is 17.9 Å². The molecule has 0 heterocycles.